The van der Waals surface area contributed by atoms with Crippen LogP contribution in [-0.4, -0.2) is 36.0 Å². The first-order valence-electron chi connectivity index (χ1n) is 5.88. The SMILES string of the molecule is O=C(O)CCNC(=O)CCCNC(=O)c1ccsc1. The number of rotatable bonds is 8. The molecule has 6 nitrogen and oxygen atoms in total. The Morgan fingerprint density at radius 3 is 2.58 bits per heavy atom. The molecule has 0 aromatic carbocycles. The van der Waals surface area contributed by atoms with Crippen LogP contribution in [0.2, 0.25) is 0 Å². The van der Waals surface area contributed by atoms with Gasteiger partial charge >= 0.3 is 5.97 Å². The summed E-state index contributed by atoms with van der Waals surface area (Å²) in [4.78, 5) is 33.0. The summed E-state index contributed by atoms with van der Waals surface area (Å²) in [6, 6.07) is 1.73. The first-order valence-corrected chi connectivity index (χ1v) is 6.83. The minimum Gasteiger partial charge on any atom is -0.481 e. The molecule has 1 heterocycles. The highest BCUT2D eigenvalue weighted by atomic mass is 32.1. The molecule has 104 valence electrons. The normalized spacial score (nSPS) is 9.89. The van der Waals surface area contributed by atoms with E-state index in [0.29, 0.717) is 18.5 Å². The summed E-state index contributed by atoms with van der Waals surface area (Å²) in [5.41, 5.74) is 0.621. The van der Waals surface area contributed by atoms with E-state index in [1.807, 2.05) is 5.38 Å². The molecule has 1 rings (SSSR count). The van der Waals surface area contributed by atoms with Crippen LogP contribution >= 0.6 is 11.3 Å². The molecule has 1 aromatic rings. The highest BCUT2D eigenvalue weighted by Gasteiger charge is 2.06. The van der Waals surface area contributed by atoms with Gasteiger partial charge < -0.3 is 15.7 Å². The molecule has 0 saturated carbocycles. The van der Waals surface area contributed by atoms with Crippen molar-refractivity contribution in [3.8, 4) is 0 Å². The van der Waals surface area contributed by atoms with E-state index in [1.165, 1.54) is 11.3 Å². The van der Waals surface area contributed by atoms with Crippen LogP contribution in [0.15, 0.2) is 16.8 Å². The molecule has 0 spiro atoms. The van der Waals surface area contributed by atoms with Gasteiger partial charge in [0.15, 0.2) is 0 Å². The van der Waals surface area contributed by atoms with E-state index in [1.54, 1.807) is 11.4 Å². The molecule has 19 heavy (non-hydrogen) atoms. The molecule has 2 amide bonds. The van der Waals surface area contributed by atoms with Crippen molar-refractivity contribution in [3.63, 3.8) is 0 Å². The van der Waals surface area contributed by atoms with Crippen molar-refractivity contribution in [2.24, 2.45) is 0 Å². The van der Waals surface area contributed by atoms with Crippen LogP contribution in [0, 0.1) is 0 Å². The summed E-state index contributed by atoms with van der Waals surface area (Å²) < 4.78 is 0. The fourth-order valence-electron chi connectivity index (χ4n) is 1.34. The second-order valence-corrected chi connectivity index (χ2v) is 4.65. The standard InChI is InChI=1S/C12H16N2O4S/c15-10(13-6-3-11(16)17)2-1-5-14-12(18)9-4-7-19-8-9/h4,7-8H,1-3,5-6H2,(H,13,15)(H,14,18)(H,16,17). The maximum Gasteiger partial charge on any atom is 0.305 e. The molecule has 0 aliphatic rings. The highest BCUT2D eigenvalue weighted by Crippen LogP contribution is 2.05. The molecule has 0 saturated heterocycles. The Labute approximate surface area is 114 Å². The molecule has 3 N–H and O–H groups in total. The number of thiophene rings is 1. The van der Waals surface area contributed by atoms with Gasteiger partial charge in [0.25, 0.3) is 5.91 Å². The molecular formula is C12H16N2O4S. The van der Waals surface area contributed by atoms with Crippen LogP contribution in [0.3, 0.4) is 0 Å². The molecule has 0 bridgehead atoms. The van der Waals surface area contributed by atoms with E-state index in [9.17, 15) is 14.4 Å². The van der Waals surface area contributed by atoms with Crippen molar-refractivity contribution in [1.29, 1.82) is 0 Å². The van der Waals surface area contributed by atoms with E-state index in [2.05, 4.69) is 10.6 Å². The van der Waals surface area contributed by atoms with Gasteiger partial charge in [-0.15, -0.1) is 0 Å². The Morgan fingerprint density at radius 1 is 1.16 bits per heavy atom. The highest BCUT2D eigenvalue weighted by molar-refractivity contribution is 7.08. The number of carbonyl (C=O) groups is 3. The Morgan fingerprint density at radius 2 is 1.95 bits per heavy atom. The van der Waals surface area contributed by atoms with Crippen molar-refractivity contribution < 1.29 is 19.5 Å². The molecule has 0 aliphatic carbocycles. The third-order valence-electron chi connectivity index (χ3n) is 2.31. The smallest absolute Gasteiger partial charge is 0.305 e. The lowest BCUT2D eigenvalue weighted by Gasteiger charge is -2.05. The molecule has 0 atom stereocenters. The first-order chi connectivity index (χ1) is 9.09. The van der Waals surface area contributed by atoms with Gasteiger partial charge in [0.05, 0.1) is 6.42 Å². The maximum absolute atomic E-state index is 11.5. The quantitative estimate of drug-likeness (QED) is 0.617. The Balaban J connectivity index is 2.05. The molecule has 0 aliphatic heterocycles. The molecule has 0 unspecified atom stereocenters. The van der Waals surface area contributed by atoms with Crippen LogP contribution < -0.4 is 10.6 Å². The predicted molar refractivity (Wildman–Crippen MR) is 71.1 cm³/mol. The van der Waals surface area contributed by atoms with Crippen molar-refractivity contribution in [2.45, 2.75) is 19.3 Å². The van der Waals surface area contributed by atoms with E-state index >= 15 is 0 Å². The van der Waals surface area contributed by atoms with Crippen molar-refractivity contribution in [1.82, 2.24) is 10.6 Å². The van der Waals surface area contributed by atoms with E-state index in [4.69, 9.17) is 5.11 Å². The average molecular weight is 284 g/mol. The zero-order valence-corrected chi connectivity index (χ0v) is 11.2. The molecule has 0 fully saturated rings. The second-order valence-electron chi connectivity index (χ2n) is 3.87. The van der Waals surface area contributed by atoms with E-state index in [0.717, 1.165) is 0 Å². The van der Waals surface area contributed by atoms with Crippen molar-refractivity contribution in [2.75, 3.05) is 13.1 Å². The zero-order chi connectivity index (χ0) is 14.1. The molecular weight excluding hydrogens is 268 g/mol. The monoisotopic (exact) mass is 284 g/mol. The van der Waals surface area contributed by atoms with Gasteiger partial charge in [-0.05, 0) is 17.9 Å². The number of carbonyl (C=O) groups excluding carboxylic acids is 2. The zero-order valence-electron chi connectivity index (χ0n) is 10.3. The summed E-state index contributed by atoms with van der Waals surface area (Å²) in [5, 5.41) is 17.2. The number of amides is 2. The molecule has 7 heteroatoms. The lowest BCUT2D eigenvalue weighted by atomic mass is 10.2. The van der Waals surface area contributed by atoms with Gasteiger partial charge in [-0.25, -0.2) is 0 Å². The van der Waals surface area contributed by atoms with Gasteiger partial charge in [0, 0.05) is 30.5 Å². The minimum atomic E-state index is -0.941. The number of carboxylic acids is 1. The van der Waals surface area contributed by atoms with Crippen molar-refractivity contribution in [3.05, 3.63) is 22.4 Å². The van der Waals surface area contributed by atoms with Gasteiger partial charge in [0.1, 0.15) is 0 Å². The van der Waals surface area contributed by atoms with Crippen LogP contribution in [-0.2, 0) is 9.59 Å². The molecule has 1 aromatic heterocycles. The Bertz CT molecular complexity index is 431. The second kappa shape index (κ2) is 8.25. The third-order valence-corrected chi connectivity index (χ3v) is 2.99. The number of aliphatic carboxylic acids is 1. The van der Waals surface area contributed by atoms with Crippen LogP contribution in [0.25, 0.3) is 0 Å². The van der Waals surface area contributed by atoms with Gasteiger partial charge in [-0.1, -0.05) is 0 Å². The average Bonchev–Trinajstić information content (AvgIpc) is 2.87. The maximum atomic E-state index is 11.5. The van der Waals surface area contributed by atoms with E-state index in [-0.39, 0.29) is 31.2 Å². The summed E-state index contributed by atoms with van der Waals surface area (Å²) in [7, 11) is 0. The fourth-order valence-corrected chi connectivity index (χ4v) is 1.98. The molecule has 0 radical (unpaired) electrons. The van der Waals surface area contributed by atoms with Crippen LogP contribution in [0.1, 0.15) is 29.6 Å². The number of nitrogens with one attached hydrogen (secondary N) is 2. The lowest BCUT2D eigenvalue weighted by Crippen LogP contribution is -2.28. The largest absolute Gasteiger partial charge is 0.481 e. The Hall–Kier alpha value is -1.89. The lowest BCUT2D eigenvalue weighted by molar-refractivity contribution is -0.136. The van der Waals surface area contributed by atoms with Crippen LogP contribution in [0.4, 0.5) is 0 Å². The Kier molecular flexibility index (Phi) is 6.59. The number of hydrogen-bond acceptors (Lipinski definition) is 4. The topological polar surface area (TPSA) is 95.5 Å². The summed E-state index contributed by atoms with van der Waals surface area (Å²) in [5.74, 6) is -1.29. The minimum absolute atomic E-state index is 0.0827. The summed E-state index contributed by atoms with van der Waals surface area (Å²) in [6.07, 6.45) is 0.707. The summed E-state index contributed by atoms with van der Waals surface area (Å²) >= 11 is 1.45. The summed E-state index contributed by atoms with van der Waals surface area (Å²) in [6.45, 7) is 0.552. The number of carboxylic acid groups (broad SMARTS) is 1. The van der Waals surface area contributed by atoms with Crippen LogP contribution in [0.5, 0.6) is 0 Å². The third kappa shape index (κ3) is 6.56. The van der Waals surface area contributed by atoms with E-state index < -0.39 is 5.97 Å². The van der Waals surface area contributed by atoms with Crippen molar-refractivity contribution >= 4 is 29.1 Å². The predicted octanol–water partition coefficient (Wildman–Crippen LogP) is 0.849. The van der Waals surface area contributed by atoms with Gasteiger partial charge in [0.2, 0.25) is 5.91 Å². The number of hydrogen-bond donors (Lipinski definition) is 3. The van der Waals surface area contributed by atoms with Gasteiger partial charge in [-0.2, -0.15) is 11.3 Å². The van der Waals surface area contributed by atoms with Gasteiger partial charge in [-0.3, -0.25) is 14.4 Å². The fraction of sp³-hybridized carbons (Fsp3) is 0.417. The first kappa shape index (κ1) is 15.2.